The van der Waals surface area contributed by atoms with Gasteiger partial charge in [0.15, 0.2) is 11.5 Å². The molecule has 2 aromatic carbocycles. The molecule has 0 aromatic heterocycles. The topological polar surface area (TPSA) is 76.7 Å². The van der Waals surface area contributed by atoms with E-state index >= 15 is 0 Å². The van der Waals surface area contributed by atoms with Crippen molar-refractivity contribution < 1.29 is 19.1 Å². The number of nitrogens with one attached hydrogen (secondary N) is 2. The second kappa shape index (κ2) is 9.83. The molecule has 0 spiro atoms. The highest BCUT2D eigenvalue weighted by Gasteiger charge is 2.13. The summed E-state index contributed by atoms with van der Waals surface area (Å²) in [6, 6.07) is 11.3. The Hall–Kier alpha value is -2.73. The summed E-state index contributed by atoms with van der Waals surface area (Å²) in [5.41, 5.74) is 5.39. The zero-order valence-electron chi connectivity index (χ0n) is 15.5. The first kappa shape index (κ1) is 20.6. The van der Waals surface area contributed by atoms with Crippen LogP contribution in [-0.4, -0.2) is 25.5 Å². The van der Waals surface area contributed by atoms with E-state index in [2.05, 4.69) is 24.7 Å². The minimum absolute atomic E-state index is 0.328. The Bertz CT molecular complexity index is 808. The van der Waals surface area contributed by atoms with Gasteiger partial charge in [-0.25, -0.2) is 0 Å². The fourth-order valence-corrected chi connectivity index (χ4v) is 2.41. The molecule has 2 amide bonds. The van der Waals surface area contributed by atoms with Crippen LogP contribution in [0.2, 0.25) is 5.02 Å². The molecule has 0 fully saturated rings. The quantitative estimate of drug-likeness (QED) is 0.704. The van der Waals surface area contributed by atoms with Crippen molar-refractivity contribution in [1.82, 2.24) is 10.9 Å². The van der Waals surface area contributed by atoms with Gasteiger partial charge in [-0.15, -0.1) is 0 Å². The van der Waals surface area contributed by atoms with E-state index in [1.165, 1.54) is 13.2 Å². The van der Waals surface area contributed by atoms with Gasteiger partial charge in [-0.1, -0.05) is 31.5 Å². The summed E-state index contributed by atoms with van der Waals surface area (Å²) in [5, 5.41) is 0.437. The van der Waals surface area contributed by atoms with Crippen LogP contribution < -0.4 is 20.3 Å². The van der Waals surface area contributed by atoms with E-state index in [0.29, 0.717) is 40.2 Å². The Balaban J connectivity index is 1.98. The molecule has 144 valence electrons. The Kier molecular flexibility index (Phi) is 7.49. The normalized spacial score (nSPS) is 10.4. The lowest BCUT2D eigenvalue weighted by Gasteiger charge is -2.13. The molecule has 27 heavy (non-hydrogen) atoms. The molecular weight excluding hydrogens is 368 g/mol. The third-order valence-electron chi connectivity index (χ3n) is 3.75. The number of benzene rings is 2. The Morgan fingerprint density at radius 3 is 2.26 bits per heavy atom. The van der Waals surface area contributed by atoms with E-state index in [-0.39, 0.29) is 0 Å². The number of methoxy groups -OCH3 is 1. The van der Waals surface area contributed by atoms with Crippen LogP contribution >= 0.6 is 11.6 Å². The molecule has 0 saturated heterocycles. The summed E-state index contributed by atoms with van der Waals surface area (Å²) in [6.07, 6.45) is 0.918. The SMILES string of the molecule is COc1cc(C(=O)NNC(=O)c2cccc(Cl)c2)ccc1OCCC(C)C. The summed E-state index contributed by atoms with van der Waals surface area (Å²) >= 11 is 5.86. The molecule has 0 heterocycles. The lowest BCUT2D eigenvalue weighted by Crippen LogP contribution is -2.41. The molecule has 0 aliphatic heterocycles. The van der Waals surface area contributed by atoms with Gasteiger partial charge in [0.1, 0.15) is 0 Å². The second-order valence-electron chi connectivity index (χ2n) is 6.32. The van der Waals surface area contributed by atoms with Crippen molar-refractivity contribution >= 4 is 23.4 Å². The zero-order chi connectivity index (χ0) is 19.8. The third kappa shape index (κ3) is 6.18. The van der Waals surface area contributed by atoms with E-state index in [4.69, 9.17) is 21.1 Å². The smallest absolute Gasteiger partial charge is 0.269 e. The maximum absolute atomic E-state index is 12.3. The summed E-state index contributed by atoms with van der Waals surface area (Å²) in [7, 11) is 1.51. The van der Waals surface area contributed by atoms with Crippen molar-refractivity contribution in [2.75, 3.05) is 13.7 Å². The molecule has 2 aromatic rings. The van der Waals surface area contributed by atoms with E-state index < -0.39 is 11.8 Å². The van der Waals surface area contributed by atoms with E-state index in [0.717, 1.165) is 6.42 Å². The molecule has 0 aliphatic carbocycles. The molecule has 2 N–H and O–H groups in total. The van der Waals surface area contributed by atoms with Crippen LogP contribution in [0.5, 0.6) is 11.5 Å². The van der Waals surface area contributed by atoms with E-state index in [9.17, 15) is 9.59 Å². The average molecular weight is 391 g/mol. The zero-order valence-corrected chi connectivity index (χ0v) is 16.3. The van der Waals surface area contributed by atoms with Gasteiger partial charge in [0.25, 0.3) is 11.8 Å². The van der Waals surface area contributed by atoms with Crippen molar-refractivity contribution in [2.24, 2.45) is 5.92 Å². The number of ether oxygens (including phenoxy) is 2. The van der Waals surface area contributed by atoms with Crippen molar-refractivity contribution in [2.45, 2.75) is 20.3 Å². The van der Waals surface area contributed by atoms with Gasteiger partial charge in [0, 0.05) is 16.1 Å². The van der Waals surface area contributed by atoms with Crippen LogP contribution in [0.1, 0.15) is 41.0 Å². The van der Waals surface area contributed by atoms with Crippen LogP contribution in [0.25, 0.3) is 0 Å². The van der Waals surface area contributed by atoms with Gasteiger partial charge in [-0.2, -0.15) is 0 Å². The molecule has 0 saturated carbocycles. The molecule has 0 aliphatic rings. The molecule has 7 heteroatoms. The van der Waals surface area contributed by atoms with Gasteiger partial charge < -0.3 is 9.47 Å². The number of hydrogen-bond acceptors (Lipinski definition) is 4. The number of carbonyl (C=O) groups is 2. The number of amides is 2. The van der Waals surface area contributed by atoms with Crippen LogP contribution in [-0.2, 0) is 0 Å². The monoisotopic (exact) mass is 390 g/mol. The van der Waals surface area contributed by atoms with Gasteiger partial charge in [-0.3, -0.25) is 20.4 Å². The van der Waals surface area contributed by atoms with Gasteiger partial charge in [-0.05, 0) is 48.7 Å². The molecule has 0 bridgehead atoms. The van der Waals surface area contributed by atoms with Crippen LogP contribution in [0, 0.1) is 5.92 Å². The lowest BCUT2D eigenvalue weighted by molar-refractivity contribution is 0.0846. The van der Waals surface area contributed by atoms with Crippen molar-refractivity contribution in [3.63, 3.8) is 0 Å². The predicted molar refractivity (Wildman–Crippen MR) is 104 cm³/mol. The van der Waals surface area contributed by atoms with Gasteiger partial charge in [0.05, 0.1) is 13.7 Å². The minimum atomic E-state index is -0.475. The number of hydrazine groups is 1. The van der Waals surface area contributed by atoms with Crippen molar-refractivity contribution in [1.29, 1.82) is 0 Å². The van der Waals surface area contributed by atoms with Gasteiger partial charge in [0.2, 0.25) is 0 Å². The first-order valence-corrected chi connectivity index (χ1v) is 8.95. The fraction of sp³-hybridized carbons (Fsp3) is 0.300. The largest absolute Gasteiger partial charge is 0.493 e. The number of hydrogen-bond donors (Lipinski definition) is 2. The molecule has 0 atom stereocenters. The first-order chi connectivity index (χ1) is 12.9. The second-order valence-corrected chi connectivity index (χ2v) is 6.75. The van der Waals surface area contributed by atoms with Gasteiger partial charge >= 0.3 is 0 Å². The summed E-state index contributed by atoms with van der Waals surface area (Å²) in [5.74, 6) is 0.609. The van der Waals surface area contributed by atoms with Crippen LogP contribution in [0.3, 0.4) is 0 Å². The number of halogens is 1. The van der Waals surface area contributed by atoms with Crippen molar-refractivity contribution in [3.05, 3.63) is 58.6 Å². The highest BCUT2D eigenvalue weighted by molar-refractivity contribution is 6.30. The number of carbonyl (C=O) groups excluding carboxylic acids is 2. The highest BCUT2D eigenvalue weighted by Crippen LogP contribution is 2.28. The molecular formula is C20H23ClN2O4. The van der Waals surface area contributed by atoms with E-state index in [1.54, 1.807) is 36.4 Å². The average Bonchev–Trinajstić information content (AvgIpc) is 2.65. The van der Waals surface area contributed by atoms with Crippen LogP contribution in [0.15, 0.2) is 42.5 Å². The number of rotatable bonds is 7. The lowest BCUT2D eigenvalue weighted by atomic mass is 10.1. The molecule has 0 unspecified atom stereocenters. The maximum atomic E-state index is 12.3. The highest BCUT2D eigenvalue weighted by atomic mass is 35.5. The predicted octanol–water partition coefficient (Wildman–Crippen LogP) is 3.85. The summed E-state index contributed by atoms with van der Waals surface area (Å²) in [6.45, 7) is 4.80. The molecule has 6 nitrogen and oxygen atoms in total. The van der Waals surface area contributed by atoms with E-state index in [1.807, 2.05) is 0 Å². The first-order valence-electron chi connectivity index (χ1n) is 8.57. The Morgan fingerprint density at radius 1 is 1.00 bits per heavy atom. The van der Waals surface area contributed by atoms with Crippen molar-refractivity contribution in [3.8, 4) is 11.5 Å². The standard InChI is InChI=1S/C20H23ClN2O4/c1-13(2)9-10-27-17-8-7-15(12-18(17)26-3)20(25)23-22-19(24)14-5-4-6-16(21)11-14/h4-8,11-13H,9-10H2,1-3H3,(H,22,24)(H,23,25). The molecule has 2 rings (SSSR count). The minimum Gasteiger partial charge on any atom is -0.493 e. The maximum Gasteiger partial charge on any atom is 0.269 e. The Morgan fingerprint density at radius 2 is 1.67 bits per heavy atom. The summed E-state index contributed by atoms with van der Waals surface area (Å²) in [4.78, 5) is 24.3. The summed E-state index contributed by atoms with van der Waals surface area (Å²) < 4.78 is 11.0. The Labute approximate surface area is 163 Å². The molecule has 0 radical (unpaired) electrons. The third-order valence-corrected chi connectivity index (χ3v) is 3.99. The van der Waals surface area contributed by atoms with Crippen LogP contribution in [0.4, 0.5) is 0 Å². The fourth-order valence-electron chi connectivity index (χ4n) is 2.22.